The molecule has 1 saturated heterocycles. The number of carbonyl (C=O) groups is 2. The van der Waals surface area contributed by atoms with E-state index in [2.05, 4.69) is 5.32 Å². The summed E-state index contributed by atoms with van der Waals surface area (Å²) in [7, 11) is 1.31. The Balaban J connectivity index is 1.81. The number of rotatable bonds is 8. The fourth-order valence-electron chi connectivity index (χ4n) is 6.13. The van der Waals surface area contributed by atoms with Crippen LogP contribution in [0.3, 0.4) is 0 Å². The minimum atomic E-state index is -4.52. The average Bonchev–Trinajstić information content (AvgIpc) is 3.31. The van der Waals surface area contributed by atoms with Crippen LogP contribution in [-0.2, 0) is 22.3 Å². The molecule has 0 saturated carbocycles. The Bertz CT molecular complexity index is 1390. The molecule has 4 rings (SSSR count). The molecule has 1 aliphatic rings. The van der Waals surface area contributed by atoms with Crippen molar-refractivity contribution in [3.8, 4) is 5.75 Å². The molecule has 9 heteroatoms. The number of halogens is 3. The lowest BCUT2D eigenvalue weighted by Gasteiger charge is -2.35. The van der Waals surface area contributed by atoms with Gasteiger partial charge in [-0.1, -0.05) is 87.5 Å². The van der Waals surface area contributed by atoms with E-state index in [9.17, 15) is 27.9 Å². The molecule has 2 N–H and O–H groups in total. The maximum Gasteiger partial charge on any atom is 0.416 e. The molecule has 0 spiro atoms. The summed E-state index contributed by atoms with van der Waals surface area (Å²) < 4.78 is 45.4. The first-order valence-corrected chi connectivity index (χ1v) is 13.9. The van der Waals surface area contributed by atoms with Crippen LogP contribution in [0.15, 0.2) is 78.9 Å². The Hall–Kier alpha value is -3.85. The van der Waals surface area contributed by atoms with Gasteiger partial charge in [-0.05, 0) is 35.6 Å². The highest BCUT2D eigenvalue weighted by atomic mass is 19.4. The predicted octanol–water partition coefficient (Wildman–Crippen LogP) is 6.67. The van der Waals surface area contributed by atoms with Crippen LogP contribution in [0, 0.1) is 11.3 Å². The molecule has 1 fully saturated rings. The first-order chi connectivity index (χ1) is 19.8. The van der Waals surface area contributed by atoms with Gasteiger partial charge in [0.15, 0.2) is 0 Å². The van der Waals surface area contributed by atoms with Gasteiger partial charge in [-0.15, -0.1) is 0 Å². The van der Waals surface area contributed by atoms with Crippen LogP contribution in [-0.4, -0.2) is 41.1 Å². The molecule has 6 nitrogen and oxygen atoms in total. The average molecular weight is 583 g/mol. The van der Waals surface area contributed by atoms with E-state index in [-0.39, 0.29) is 18.2 Å². The number of aliphatic carboxylic acids is 1. The maximum atomic E-state index is 14.3. The van der Waals surface area contributed by atoms with E-state index in [0.29, 0.717) is 5.56 Å². The minimum absolute atomic E-state index is 0.0688. The van der Waals surface area contributed by atoms with Crippen molar-refractivity contribution in [2.75, 3.05) is 7.11 Å². The normalized spacial score (nSPS) is 21.7. The number of alkyl halides is 3. The van der Waals surface area contributed by atoms with Crippen LogP contribution in [0.1, 0.15) is 61.9 Å². The molecule has 0 bridgehead atoms. The number of hydrogen-bond donors (Lipinski definition) is 2. The topological polar surface area (TPSA) is 78.9 Å². The van der Waals surface area contributed by atoms with E-state index in [1.54, 1.807) is 6.92 Å². The summed E-state index contributed by atoms with van der Waals surface area (Å²) in [5.74, 6) is -2.51. The summed E-state index contributed by atoms with van der Waals surface area (Å²) in [6, 6.07) is 19.5. The first kappa shape index (κ1) is 31.1. The van der Waals surface area contributed by atoms with Gasteiger partial charge in [-0.3, -0.25) is 4.79 Å². The fourth-order valence-corrected chi connectivity index (χ4v) is 6.13. The summed E-state index contributed by atoms with van der Waals surface area (Å²) in [4.78, 5) is 28.8. The second kappa shape index (κ2) is 12.2. The van der Waals surface area contributed by atoms with Crippen molar-refractivity contribution >= 4 is 11.9 Å². The maximum absolute atomic E-state index is 14.3. The van der Waals surface area contributed by atoms with Crippen molar-refractivity contribution in [1.82, 2.24) is 10.2 Å². The van der Waals surface area contributed by atoms with Gasteiger partial charge in [0.1, 0.15) is 11.8 Å². The van der Waals surface area contributed by atoms with Crippen LogP contribution in [0.25, 0.3) is 0 Å². The molecule has 42 heavy (non-hydrogen) atoms. The molecule has 1 unspecified atom stereocenters. The summed E-state index contributed by atoms with van der Waals surface area (Å²) in [5, 5.41) is 14.1. The first-order valence-electron chi connectivity index (χ1n) is 13.9. The van der Waals surface area contributed by atoms with Gasteiger partial charge in [-0.2, -0.15) is 13.2 Å². The highest BCUT2D eigenvalue weighted by molar-refractivity contribution is 5.89. The predicted molar refractivity (Wildman–Crippen MR) is 154 cm³/mol. The quantitative estimate of drug-likeness (QED) is 0.310. The van der Waals surface area contributed by atoms with E-state index >= 15 is 0 Å². The molecule has 0 radical (unpaired) electrons. The number of likely N-dealkylation sites (tertiary alicyclic amines) is 1. The third-order valence-electron chi connectivity index (χ3n) is 8.13. The van der Waals surface area contributed by atoms with Gasteiger partial charge in [0.2, 0.25) is 5.91 Å². The Morgan fingerprint density at radius 2 is 1.57 bits per heavy atom. The smallest absolute Gasteiger partial charge is 0.416 e. The number of nitrogens with zero attached hydrogens (tertiary/aromatic N) is 1. The Morgan fingerprint density at radius 3 is 2.10 bits per heavy atom. The number of nitrogens with one attached hydrogen (secondary N) is 1. The summed E-state index contributed by atoms with van der Waals surface area (Å²) in [5.41, 5.74) is 0.636. The molecule has 1 amide bonds. The van der Waals surface area contributed by atoms with Crippen LogP contribution < -0.4 is 10.1 Å². The van der Waals surface area contributed by atoms with Gasteiger partial charge >= 0.3 is 12.1 Å². The monoisotopic (exact) mass is 582 g/mol. The summed E-state index contributed by atoms with van der Waals surface area (Å²) >= 11 is 0. The Kier molecular flexibility index (Phi) is 9.01. The minimum Gasteiger partial charge on any atom is -0.496 e. The number of benzene rings is 3. The van der Waals surface area contributed by atoms with Gasteiger partial charge in [-0.25, -0.2) is 4.79 Å². The molecule has 224 valence electrons. The lowest BCUT2D eigenvalue weighted by molar-refractivity contribution is -0.152. The number of carboxylic acids is 1. The van der Waals surface area contributed by atoms with Gasteiger partial charge in [0.05, 0.1) is 24.6 Å². The van der Waals surface area contributed by atoms with Gasteiger partial charge < -0.3 is 20.1 Å². The molecule has 1 heterocycles. The number of ether oxygens (including phenoxy) is 1. The van der Waals surface area contributed by atoms with E-state index in [4.69, 9.17) is 4.74 Å². The van der Waals surface area contributed by atoms with Crippen LogP contribution >= 0.6 is 0 Å². The number of hydrogen-bond acceptors (Lipinski definition) is 4. The molecule has 3 aromatic rings. The van der Waals surface area contributed by atoms with E-state index in [1.165, 1.54) is 18.1 Å². The van der Waals surface area contributed by atoms with Gasteiger partial charge in [0.25, 0.3) is 0 Å². The molecular weight excluding hydrogens is 545 g/mol. The van der Waals surface area contributed by atoms with Crippen LogP contribution in [0.4, 0.5) is 13.2 Å². The highest BCUT2D eigenvalue weighted by Gasteiger charge is 2.58. The third-order valence-corrected chi connectivity index (χ3v) is 8.13. The zero-order valence-corrected chi connectivity index (χ0v) is 24.4. The Morgan fingerprint density at radius 1 is 0.976 bits per heavy atom. The third kappa shape index (κ3) is 6.31. The zero-order valence-electron chi connectivity index (χ0n) is 24.4. The number of amides is 1. The number of carbonyl (C=O) groups excluding carboxylic acids is 1. The fraction of sp³-hybridized carbons (Fsp3) is 0.394. The molecule has 5 atom stereocenters. The number of methoxy groups -OCH3 is 1. The zero-order chi connectivity index (χ0) is 30.8. The standard InChI is InChI=1S/C33H37F3N2O4/c1-20(21-12-8-6-9-13-21)30(39)38-28(22-14-10-7-11-15-22)27(26(32(2,3)4)29(38)31(40)41)37-19-23-16-17-24(33(34,35)36)18-25(23)42-5/h6-18,20,26-29,37H,19H2,1-5H3,(H,40,41)/t20?,26-,27-,28-,29-/m0/s1. The van der Waals surface area contributed by atoms with Crippen LogP contribution in [0.2, 0.25) is 0 Å². The summed E-state index contributed by atoms with van der Waals surface area (Å²) in [6.07, 6.45) is -4.52. The SMILES string of the molecule is COc1cc(C(F)(F)F)ccc1CN[C@H]1[C@H](C(C)(C)C)[C@@H](C(=O)O)N(C(=O)C(C)c2ccccc2)[C@H]1c1ccccc1. The lowest BCUT2D eigenvalue weighted by Crippen LogP contribution is -2.48. The van der Waals surface area contributed by atoms with Crippen molar-refractivity contribution in [3.63, 3.8) is 0 Å². The largest absolute Gasteiger partial charge is 0.496 e. The molecular formula is C33H37F3N2O4. The highest BCUT2D eigenvalue weighted by Crippen LogP contribution is 2.49. The number of carboxylic acid groups (broad SMARTS) is 1. The summed E-state index contributed by atoms with van der Waals surface area (Å²) in [6.45, 7) is 7.70. The van der Waals surface area contributed by atoms with E-state index < -0.39 is 53.1 Å². The van der Waals surface area contributed by atoms with Gasteiger partial charge in [0, 0.05) is 24.1 Å². The van der Waals surface area contributed by atoms with Crippen LogP contribution in [0.5, 0.6) is 5.75 Å². The molecule has 0 aliphatic carbocycles. The second-order valence-electron chi connectivity index (χ2n) is 11.8. The van der Waals surface area contributed by atoms with Crippen molar-refractivity contribution in [3.05, 3.63) is 101 Å². The van der Waals surface area contributed by atoms with Crippen molar-refractivity contribution in [2.45, 2.75) is 64.5 Å². The molecule has 1 aliphatic heterocycles. The van der Waals surface area contributed by atoms with Crippen molar-refractivity contribution in [1.29, 1.82) is 0 Å². The molecule has 3 aromatic carbocycles. The lowest BCUT2D eigenvalue weighted by atomic mass is 9.72. The molecule has 0 aromatic heterocycles. The van der Waals surface area contributed by atoms with Crippen molar-refractivity contribution in [2.24, 2.45) is 11.3 Å². The van der Waals surface area contributed by atoms with E-state index in [1.807, 2.05) is 81.4 Å². The van der Waals surface area contributed by atoms with E-state index in [0.717, 1.165) is 23.3 Å². The second-order valence-corrected chi connectivity index (χ2v) is 11.8. The van der Waals surface area contributed by atoms with Crippen molar-refractivity contribution < 1.29 is 32.6 Å². The Labute approximate surface area is 244 Å².